The van der Waals surface area contributed by atoms with E-state index < -0.39 is 36.6 Å². The van der Waals surface area contributed by atoms with Crippen LogP contribution in [0.3, 0.4) is 0 Å². The molecule has 2 saturated heterocycles. The van der Waals surface area contributed by atoms with Crippen molar-refractivity contribution in [2.45, 2.75) is 55.8 Å². The second-order valence-electron chi connectivity index (χ2n) is 9.40. The molecule has 10 nitrogen and oxygen atoms in total. The number of nitrogens with two attached hydrogens (primary N) is 1. The number of urea groups is 1. The first-order chi connectivity index (χ1) is 16.7. The number of hydrogen-bond donors (Lipinski definition) is 2. The number of aromatic nitrogens is 3. The van der Waals surface area contributed by atoms with Crippen LogP contribution in [0.4, 0.5) is 18.0 Å². The lowest BCUT2D eigenvalue weighted by molar-refractivity contribution is -0.183. The van der Waals surface area contributed by atoms with Gasteiger partial charge in [-0.1, -0.05) is 0 Å². The number of carbonyl (C=O) groups is 1. The van der Waals surface area contributed by atoms with Crippen molar-refractivity contribution in [3.05, 3.63) is 29.7 Å². The lowest BCUT2D eigenvalue weighted by Crippen LogP contribution is -2.40. The summed E-state index contributed by atoms with van der Waals surface area (Å²) in [5, 5.41) is 6.37. The summed E-state index contributed by atoms with van der Waals surface area (Å²) >= 11 is 0. The molecule has 192 valence electrons. The Labute approximate surface area is 199 Å². The van der Waals surface area contributed by atoms with Crippen LogP contribution in [0.15, 0.2) is 18.5 Å². The zero-order chi connectivity index (χ0) is 24.8. The normalized spacial score (nSPS) is 24.9. The number of imidazole rings is 1. The molecule has 1 spiro atoms. The fourth-order valence-corrected chi connectivity index (χ4v) is 5.25. The van der Waals surface area contributed by atoms with E-state index in [9.17, 15) is 18.0 Å². The van der Waals surface area contributed by atoms with E-state index in [4.69, 9.17) is 19.9 Å². The SMILES string of the molecule is COC[C@H](c1cnn2cc(C(N)C3CCC4(CC3)OCCO4)nc2c1)N1CC(C(F)(F)F)NC1=O. The van der Waals surface area contributed by atoms with Crippen molar-refractivity contribution in [2.24, 2.45) is 11.7 Å². The molecule has 35 heavy (non-hydrogen) atoms. The third-order valence-electron chi connectivity index (χ3n) is 7.23. The fraction of sp³-hybridized carbons (Fsp3) is 0.682. The average Bonchev–Trinajstić information content (AvgIpc) is 3.55. The smallest absolute Gasteiger partial charge is 0.382 e. The Morgan fingerprint density at radius 2 is 2.03 bits per heavy atom. The van der Waals surface area contributed by atoms with Gasteiger partial charge >= 0.3 is 12.2 Å². The number of halogens is 3. The van der Waals surface area contributed by atoms with Gasteiger partial charge in [0.05, 0.1) is 56.5 Å². The molecule has 2 aromatic heterocycles. The Hall–Kier alpha value is -2.48. The number of alkyl halides is 3. The highest BCUT2D eigenvalue weighted by atomic mass is 19.4. The van der Waals surface area contributed by atoms with Crippen LogP contribution in [0.2, 0.25) is 0 Å². The van der Waals surface area contributed by atoms with E-state index in [2.05, 4.69) is 10.1 Å². The monoisotopic (exact) mass is 498 g/mol. The van der Waals surface area contributed by atoms with Crippen molar-refractivity contribution in [3.63, 3.8) is 0 Å². The molecular weight excluding hydrogens is 469 g/mol. The van der Waals surface area contributed by atoms with E-state index >= 15 is 0 Å². The van der Waals surface area contributed by atoms with E-state index in [0.717, 1.165) is 30.6 Å². The molecule has 3 fully saturated rings. The number of rotatable bonds is 6. The lowest BCUT2D eigenvalue weighted by atomic mass is 9.80. The fourth-order valence-electron chi connectivity index (χ4n) is 5.25. The quantitative estimate of drug-likeness (QED) is 0.628. The van der Waals surface area contributed by atoms with E-state index in [1.165, 1.54) is 13.3 Å². The first-order valence-electron chi connectivity index (χ1n) is 11.7. The number of hydrogen-bond acceptors (Lipinski definition) is 7. The maximum atomic E-state index is 13.2. The molecule has 4 heterocycles. The highest BCUT2D eigenvalue weighted by Crippen LogP contribution is 2.42. The van der Waals surface area contributed by atoms with Gasteiger partial charge in [-0.25, -0.2) is 14.3 Å². The van der Waals surface area contributed by atoms with Crippen LogP contribution >= 0.6 is 0 Å². The first-order valence-corrected chi connectivity index (χ1v) is 11.7. The maximum absolute atomic E-state index is 13.2. The number of methoxy groups -OCH3 is 1. The number of amides is 2. The Kier molecular flexibility index (Phi) is 6.36. The molecule has 2 aliphatic heterocycles. The molecule has 0 radical (unpaired) electrons. The topological polar surface area (TPSA) is 116 Å². The van der Waals surface area contributed by atoms with Gasteiger partial charge in [-0.2, -0.15) is 18.3 Å². The van der Waals surface area contributed by atoms with Gasteiger partial charge in [0, 0.05) is 25.5 Å². The van der Waals surface area contributed by atoms with Crippen LogP contribution in [0, 0.1) is 5.92 Å². The van der Waals surface area contributed by atoms with Gasteiger partial charge in [-0.05, 0) is 24.8 Å². The summed E-state index contributed by atoms with van der Waals surface area (Å²) in [5.74, 6) is -0.249. The minimum atomic E-state index is -4.53. The predicted octanol–water partition coefficient (Wildman–Crippen LogP) is 2.31. The Morgan fingerprint density at radius 1 is 1.31 bits per heavy atom. The summed E-state index contributed by atoms with van der Waals surface area (Å²) in [4.78, 5) is 18.1. The Balaban J connectivity index is 1.33. The summed E-state index contributed by atoms with van der Waals surface area (Å²) in [7, 11) is 1.43. The molecule has 3 aliphatic rings. The van der Waals surface area contributed by atoms with Crippen molar-refractivity contribution in [2.75, 3.05) is 33.5 Å². The zero-order valence-electron chi connectivity index (χ0n) is 19.3. The van der Waals surface area contributed by atoms with Crippen molar-refractivity contribution in [1.29, 1.82) is 0 Å². The molecule has 2 amide bonds. The van der Waals surface area contributed by atoms with E-state index in [1.807, 2.05) is 5.32 Å². The highest BCUT2D eigenvalue weighted by Gasteiger charge is 2.48. The van der Waals surface area contributed by atoms with E-state index in [0.29, 0.717) is 30.1 Å². The summed E-state index contributed by atoms with van der Waals surface area (Å²) in [5.41, 5.74) is 8.27. The van der Waals surface area contributed by atoms with E-state index in [-0.39, 0.29) is 18.6 Å². The van der Waals surface area contributed by atoms with E-state index in [1.54, 1.807) is 16.8 Å². The molecule has 1 saturated carbocycles. The van der Waals surface area contributed by atoms with Crippen LogP contribution in [-0.2, 0) is 14.2 Å². The minimum absolute atomic E-state index is 0.0108. The van der Waals surface area contributed by atoms with Crippen molar-refractivity contribution >= 4 is 11.7 Å². The molecule has 2 unspecified atom stereocenters. The molecule has 5 rings (SSSR count). The third-order valence-corrected chi connectivity index (χ3v) is 7.23. The summed E-state index contributed by atoms with van der Waals surface area (Å²) in [6.45, 7) is 0.744. The molecule has 1 aliphatic carbocycles. The molecule has 3 N–H and O–H groups in total. The van der Waals surface area contributed by atoms with Gasteiger partial charge in [-0.3, -0.25) is 0 Å². The van der Waals surface area contributed by atoms with Crippen molar-refractivity contribution < 1.29 is 32.2 Å². The molecule has 3 atom stereocenters. The maximum Gasteiger partial charge on any atom is 0.410 e. The summed E-state index contributed by atoms with van der Waals surface area (Å²) in [6.07, 6.45) is 2.04. The van der Waals surface area contributed by atoms with Gasteiger partial charge in [0.2, 0.25) is 0 Å². The second-order valence-corrected chi connectivity index (χ2v) is 9.40. The summed E-state index contributed by atoms with van der Waals surface area (Å²) in [6, 6.07) is -2.08. The van der Waals surface area contributed by atoms with Crippen LogP contribution in [0.5, 0.6) is 0 Å². The van der Waals surface area contributed by atoms with Crippen LogP contribution in [0.25, 0.3) is 5.65 Å². The van der Waals surface area contributed by atoms with Crippen LogP contribution in [0.1, 0.15) is 49.0 Å². The lowest BCUT2D eigenvalue weighted by Gasteiger charge is -2.37. The van der Waals surface area contributed by atoms with Crippen molar-refractivity contribution in [3.8, 4) is 0 Å². The number of fused-ring (bicyclic) bond motifs is 1. The molecule has 0 aromatic carbocycles. The number of nitrogens with one attached hydrogen (secondary N) is 1. The molecule has 13 heteroatoms. The number of carbonyl (C=O) groups excluding carboxylic acids is 1. The van der Waals surface area contributed by atoms with Gasteiger partial charge in [0.25, 0.3) is 0 Å². The standard InChI is InChI=1S/C22H29F3N6O4/c1-33-12-16(30-11-17(22(23,24)25)29-20(30)32)14-8-18-28-15(10-31(18)27-9-14)19(26)13-2-4-21(5-3-13)34-6-7-35-21/h8-10,13,16-17,19H,2-7,11-12,26H2,1H3,(H,29,32)/t16-,17?,19?/m1/s1. The van der Waals surface area contributed by atoms with Gasteiger partial charge in [0.1, 0.15) is 6.04 Å². The Bertz CT molecular complexity index is 1060. The largest absolute Gasteiger partial charge is 0.410 e. The second kappa shape index (κ2) is 9.19. The van der Waals surface area contributed by atoms with Gasteiger partial charge in [0.15, 0.2) is 11.4 Å². The molecule has 0 bridgehead atoms. The molecule has 2 aromatic rings. The number of nitrogens with zero attached hydrogens (tertiary/aromatic N) is 4. The van der Waals surface area contributed by atoms with Crippen LogP contribution in [-0.4, -0.2) is 77.0 Å². The van der Waals surface area contributed by atoms with Crippen molar-refractivity contribution in [1.82, 2.24) is 24.8 Å². The van der Waals surface area contributed by atoms with Gasteiger partial charge in [-0.15, -0.1) is 0 Å². The van der Waals surface area contributed by atoms with Crippen LogP contribution < -0.4 is 11.1 Å². The summed E-state index contributed by atoms with van der Waals surface area (Å²) < 4.78 is 57.9. The third kappa shape index (κ3) is 4.69. The zero-order valence-corrected chi connectivity index (χ0v) is 19.3. The first kappa shape index (κ1) is 24.2. The Morgan fingerprint density at radius 3 is 2.66 bits per heavy atom. The van der Waals surface area contributed by atoms with Gasteiger partial charge < -0.3 is 30.2 Å². The average molecular weight is 499 g/mol. The molecular formula is C22H29F3N6O4. The highest BCUT2D eigenvalue weighted by molar-refractivity contribution is 5.77. The predicted molar refractivity (Wildman–Crippen MR) is 116 cm³/mol. The number of ether oxygens (including phenoxy) is 3. The minimum Gasteiger partial charge on any atom is -0.382 e.